The zero-order valence-electron chi connectivity index (χ0n) is 14.2. The molecule has 1 aromatic rings. The Kier molecular flexibility index (Phi) is 5.62. The highest BCUT2D eigenvalue weighted by atomic mass is 32.2. The number of thiophene rings is 1. The molecule has 134 valence electrons. The number of carbonyl (C=O) groups is 1. The lowest BCUT2D eigenvalue weighted by Crippen LogP contribution is -2.39. The molecule has 1 atom stereocenters. The van der Waals surface area contributed by atoms with Crippen LogP contribution in [-0.4, -0.2) is 49.7 Å². The van der Waals surface area contributed by atoms with E-state index in [1.54, 1.807) is 16.4 Å². The maximum Gasteiger partial charge on any atom is 0.252 e. The summed E-state index contributed by atoms with van der Waals surface area (Å²) in [6.07, 6.45) is 5.52. The van der Waals surface area contributed by atoms with Crippen LogP contribution in [0, 0.1) is 5.92 Å². The molecule has 0 spiro atoms. The van der Waals surface area contributed by atoms with E-state index < -0.39 is 10.0 Å². The van der Waals surface area contributed by atoms with Gasteiger partial charge in [-0.05, 0) is 43.7 Å². The predicted molar refractivity (Wildman–Crippen MR) is 95.6 cm³/mol. The van der Waals surface area contributed by atoms with Crippen molar-refractivity contribution in [2.45, 2.75) is 49.7 Å². The molecule has 0 radical (unpaired) electrons. The van der Waals surface area contributed by atoms with Crippen molar-refractivity contribution < 1.29 is 13.2 Å². The van der Waals surface area contributed by atoms with Crippen molar-refractivity contribution in [1.82, 2.24) is 9.21 Å². The first-order chi connectivity index (χ1) is 11.5. The molecule has 0 aromatic carbocycles. The fourth-order valence-corrected chi connectivity index (χ4v) is 6.52. The van der Waals surface area contributed by atoms with Crippen LogP contribution >= 0.6 is 11.3 Å². The largest absolute Gasteiger partial charge is 0.342 e. The van der Waals surface area contributed by atoms with Gasteiger partial charge in [0, 0.05) is 31.1 Å². The molecular weight excluding hydrogens is 344 g/mol. The molecule has 2 aliphatic heterocycles. The summed E-state index contributed by atoms with van der Waals surface area (Å²) in [6.45, 7) is 5.05. The summed E-state index contributed by atoms with van der Waals surface area (Å²) >= 11 is 1.25. The van der Waals surface area contributed by atoms with Gasteiger partial charge >= 0.3 is 0 Å². The molecule has 0 aliphatic carbocycles. The second-order valence-electron chi connectivity index (χ2n) is 6.95. The first-order valence-corrected chi connectivity index (χ1v) is 11.1. The number of amides is 1. The number of hydrogen-bond donors (Lipinski definition) is 0. The van der Waals surface area contributed by atoms with Gasteiger partial charge < -0.3 is 4.90 Å². The average Bonchev–Trinajstić information content (AvgIpc) is 3.05. The van der Waals surface area contributed by atoms with Gasteiger partial charge in [-0.2, -0.15) is 4.31 Å². The summed E-state index contributed by atoms with van der Waals surface area (Å²) in [7, 11) is -3.38. The number of nitrogens with zero attached hydrogens (tertiary/aromatic N) is 2. The van der Waals surface area contributed by atoms with Crippen LogP contribution in [0.1, 0.15) is 43.9 Å². The van der Waals surface area contributed by atoms with Crippen LogP contribution in [0.5, 0.6) is 0 Å². The lowest BCUT2D eigenvalue weighted by atomic mass is 10.00. The Hall–Kier alpha value is -0.920. The molecule has 2 saturated heterocycles. The van der Waals surface area contributed by atoms with Gasteiger partial charge in [0.05, 0.1) is 6.42 Å². The number of likely N-dealkylation sites (tertiary alicyclic amines) is 1. The van der Waals surface area contributed by atoms with E-state index in [-0.39, 0.29) is 5.91 Å². The van der Waals surface area contributed by atoms with E-state index in [4.69, 9.17) is 0 Å². The summed E-state index contributed by atoms with van der Waals surface area (Å²) in [5, 5.41) is 0. The third-order valence-electron chi connectivity index (χ3n) is 4.88. The minimum absolute atomic E-state index is 0.116. The Balaban J connectivity index is 1.65. The van der Waals surface area contributed by atoms with Gasteiger partial charge in [0.15, 0.2) is 0 Å². The lowest BCUT2D eigenvalue weighted by molar-refractivity contribution is -0.132. The Morgan fingerprint density at radius 1 is 1.17 bits per heavy atom. The van der Waals surface area contributed by atoms with Crippen LogP contribution in [0.2, 0.25) is 0 Å². The van der Waals surface area contributed by atoms with Crippen molar-refractivity contribution in [2.75, 3.05) is 26.2 Å². The minimum atomic E-state index is -3.38. The minimum Gasteiger partial charge on any atom is -0.342 e. The predicted octanol–water partition coefficient (Wildman–Crippen LogP) is 2.72. The van der Waals surface area contributed by atoms with Crippen molar-refractivity contribution in [1.29, 1.82) is 0 Å². The molecule has 1 aromatic heterocycles. The van der Waals surface area contributed by atoms with Gasteiger partial charge in [0.1, 0.15) is 4.21 Å². The zero-order valence-corrected chi connectivity index (χ0v) is 15.9. The Labute approximate surface area is 148 Å². The second-order valence-corrected chi connectivity index (χ2v) is 10.3. The molecule has 0 saturated carbocycles. The fraction of sp³-hybridized carbons (Fsp3) is 0.706. The lowest BCUT2D eigenvalue weighted by Gasteiger charge is -2.30. The zero-order chi connectivity index (χ0) is 17.2. The summed E-state index contributed by atoms with van der Waals surface area (Å²) in [5.74, 6) is 0.673. The fourth-order valence-electron chi connectivity index (χ4n) is 3.50. The van der Waals surface area contributed by atoms with Crippen molar-refractivity contribution >= 4 is 27.3 Å². The standard InChI is InChI=1S/C17H26N2O3S2/c1-14-6-5-9-18(13-14)16(20)12-15-7-8-17(23-15)24(21,22)19-10-3-2-4-11-19/h7-8,14H,2-6,9-13H2,1H3. The molecule has 1 unspecified atom stereocenters. The highest BCUT2D eigenvalue weighted by Crippen LogP contribution is 2.28. The van der Waals surface area contributed by atoms with E-state index >= 15 is 0 Å². The van der Waals surface area contributed by atoms with Crippen LogP contribution in [0.15, 0.2) is 16.3 Å². The summed E-state index contributed by atoms with van der Waals surface area (Å²) in [5.41, 5.74) is 0. The van der Waals surface area contributed by atoms with Gasteiger partial charge in [0.2, 0.25) is 5.91 Å². The maximum absolute atomic E-state index is 12.7. The van der Waals surface area contributed by atoms with E-state index in [1.165, 1.54) is 17.8 Å². The van der Waals surface area contributed by atoms with Crippen molar-refractivity contribution in [2.24, 2.45) is 5.92 Å². The van der Waals surface area contributed by atoms with Gasteiger partial charge in [-0.3, -0.25) is 4.79 Å². The molecule has 0 bridgehead atoms. The van der Waals surface area contributed by atoms with E-state index in [2.05, 4.69) is 6.92 Å². The molecule has 24 heavy (non-hydrogen) atoms. The average molecular weight is 371 g/mol. The highest BCUT2D eigenvalue weighted by Gasteiger charge is 2.28. The van der Waals surface area contributed by atoms with Gasteiger partial charge in [-0.1, -0.05) is 13.3 Å². The molecule has 5 nitrogen and oxygen atoms in total. The first-order valence-electron chi connectivity index (χ1n) is 8.83. The normalized spacial score (nSPS) is 23.4. The Morgan fingerprint density at radius 2 is 1.92 bits per heavy atom. The monoisotopic (exact) mass is 370 g/mol. The summed E-state index contributed by atoms with van der Waals surface area (Å²) < 4.78 is 27.3. The van der Waals surface area contributed by atoms with E-state index in [0.29, 0.717) is 29.6 Å². The SMILES string of the molecule is CC1CCCN(C(=O)Cc2ccc(S(=O)(=O)N3CCCCC3)s2)C1. The van der Waals surface area contributed by atoms with Crippen LogP contribution < -0.4 is 0 Å². The molecule has 2 aliphatic rings. The van der Waals surface area contributed by atoms with Crippen LogP contribution in [0.25, 0.3) is 0 Å². The quantitative estimate of drug-likeness (QED) is 0.819. The smallest absolute Gasteiger partial charge is 0.252 e. The van der Waals surface area contributed by atoms with Crippen LogP contribution in [0.3, 0.4) is 0 Å². The van der Waals surface area contributed by atoms with Gasteiger partial charge in [0.25, 0.3) is 10.0 Å². The van der Waals surface area contributed by atoms with E-state index in [0.717, 1.165) is 43.6 Å². The molecule has 3 rings (SSSR count). The third kappa shape index (κ3) is 4.00. The Morgan fingerprint density at radius 3 is 2.62 bits per heavy atom. The summed E-state index contributed by atoms with van der Waals surface area (Å²) in [4.78, 5) is 15.2. The molecular formula is C17H26N2O3S2. The number of hydrogen-bond acceptors (Lipinski definition) is 4. The van der Waals surface area contributed by atoms with Crippen molar-refractivity contribution in [3.05, 3.63) is 17.0 Å². The first kappa shape index (κ1) is 17.9. The highest BCUT2D eigenvalue weighted by molar-refractivity contribution is 7.91. The van der Waals surface area contributed by atoms with E-state index in [9.17, 15) is 13.2 Å². The van der Waals surface area contributed by atoms with Gasteiger partial charge in [-0.25, -0.2) is 8.42 Å². The summed E-state index contributed by atoms with van der Waals surface area (Å²) in [6, 6.07) is 3.46. The molecule has 0 N–H and O–H groups in total. The number of piperidine rings is 2. The van der Waals surface area contributed by atoms with Crippen LogP contribution in [-0.2, 0) is 21.2 Å². The van der Waals surface area contributed by atoms with Crippen molar-refractivity contribution in [3.8, 4) is 0 Å². The number of rotatable bonds is 4. The van der Waals surface area contributed by atoms with Gasteiger partial charge in [-0.15, -0.1) is 11.3 Å². The molecule has 3 heterocycles. The van der Waals surface area contributed by atoms with Crippen molar-refractivity contribution in [3.63, 3.8) is 0 Å². The number of carbonyl (C=O) groups excluding carboxylic acids is 1. The molecule has 7 heteroatoms. The second kappa shape index (κ2) is 7.54. The molecule has 2 fully saturated rings. The third-order valence-corrected chi connectivity index (χ3v) is 8.33. The number of sulfonamides is 1. The Bertz CT molecular complexity index is 678. The topological polar surface area (TPSA) is 57.7 Å². The van der Waals surface area contributed by atoms with Crippen LogP contribution in [0.4, 0.5) is 0 Å². The molecule has 1 amide bonds. The van der Waals surface area contributed by atoms with E-state index in [1.807, 2.05) is 4.90 Å². The maximum atomic E-state index is 12.7.